The molecule has 0 radical (unpaired) electrons. The van der Waals surface area contributed by atoms with E-state index in [4.69, 9.17) is 14.2 Å². The number of ether oxygens (including phenoxy) is 3. The second-order valence-corrected chi connectivity index (χ2v) is 7.48. The van der Waals surface area contributed by atoms with Crippen LogP contribution in [0.15, 0.2) is 66.2 Å². The van der Waals surface area contributed by atoms with E-state index in [-0.39, 0.29) is 24.0 Å². The van der Waals surface area contributed by atoms with Crippen LogP contribution < -0.4 is 5.11 Å². The van der Waals surface area contributed by atoms with Crippen molar-refractivity contribution in [1.29, 1.82) is 0 Å². The fraction of sp³-hybridized carbons (Fsp3) is 0.304. The topological polar surface area (TPSA) is 70.8 Å². The van der Waals surface area contributed by atoms with Crippen molar-refractivity contribution in [3.8, 4) is 0 Å². The zero-order chi connectivity index (χ0) is 20.1. The fourth-order valence-electron chi connectivity index (χ4n) is 5.02. The molecule has 0 amide bonds. The van der Waals surface area contributed by atoms with Crippen molar-refractivity contribution >= 4 is 11.7 Å². The van der Waals surface area contributed by atoms with Gasteiger partial charge in [0.05, 0.1) is 31.2 Å². The zero-order valence-electron chi connectivity index (χ0n) is 16.2. The van der Waals surface area contributed by atoms with Crippen LogP contribution in [0.1, 0.15) is 28.9 Å². The van der Waals surface area contributed by atoms with Gasteiger partial charge in [-0.3, -0.25) is 0 Å². The molecule has 4 atom stereocenters. The smallest absolute Gasteiger partial charge is 0.399 e. The summed E-state index contributed by atoms with van der Waals surface area (Å²) in [5.41, 5.74) is 4.06. The summed E-state index contributed by atoms with van der Waals surface area (Å²) in [6.45, 7) is 0.387. The Labute approximate surface area is 168 Å². The van der Waals surface area contributed by atoms with Crippen molar-refractivity contribution in [1.82, 2.24) is 0 Å². The highest BCUT2D eigenvalue weighted by molar-refractivity contribution is 6.36. The molecule has 2 bridgehead atoms. The van der Waals surface area contributed by atoms with Crippen LogP contribution >= 0.6 is 0 Å². The molecule has 1 fully saturated rings. The van der Waals surface area contributed by atoms with E-state index in [1.807, 2.05) is 54.6 Å². The number of fused-ring (bicyclic) bond motifs is 8. The number of rotatable bonds is 4. The van der Waals surface area contributed by atoms with Crippen LogP contribution in [0.3, 0.4) is 0 Å². The molecule has 0 spiro atoms. The van der Waals surface area contributed by atoms with Crippen molar-refractivity contribution in [3.05, 3.63) is 82.9 Å². The number of carbonyl (C=O) groups excluding carboxylic acids is 1. The third kappa shape index (κ3) is 2.52. The molecule has 6 heteroatoms. The predicted molar refractivity (Wildman–Crippen MR) is 101 cm³/mol. The number of nitrogens with zero attached hydrogens (tertiary/aromatic N) is 1. The quantitative estimate of drug-likeness (QED) is 0.453. The van der Waals surface area contributed by atoms with Crippen molar-refractivity contribution in [2.45, 2.75) is 18.8 Å². The Bertz CT molecular complexity index is 1040. The maximum Gasteiger partial charge on any atom is 0.399 e. The molecule has 4 unspecified atom stereocenters. The van der Waals surface area contributed by atoms with Gasteiger partial charge in [-0.25, -0.2) is 4.79 Å². The Balaban J connectivity index is 1.71. The zero-order valence-corrected chi connectivity index (χ0v) is 16.2. The number of hydrogen-bond donors (Lipinski definition) is 0. The van der Waals surface area contributed by atoms with Crippen molar-refractivity contribution in [3.63, 3.8) is 0 Å². The Hall–Kier alpha value is -3.12. The van der Waals surface area contributed by atoms with E-state index in [9.17, 15) is 9.90 Å². The number of hydrogen-bond acceptors (Lipinski definition) is 5. The van der Waals surface area contributed by atoms with E-state index in [1.165, 1.54) is 14.2 Å². The van der Waals surface area contributed by atoms with Gasteiger partial charge in [0.2, 0.25) is 5.70 Å². The molecule has 5 rings (SSSR count). The van der Waals surface area contributed by atoms with E-state index >= 15 is 0 Å². The molecule has 0 N–H and O–H groups in total. The first kappa shape index (κ1) is 17.9. The van der Waals surface area contributed by atoms with Gasteiger partial charge in [-0.15, -0.1) is 0 Å². The predicted octanol–water partition coefficient (Wildman–Crippen LogP) is 2.06. The lowest BCUT2D eigenvalue weighted by Gasteiger charge is -2.22. The second-order valence-electron chi connectivity index (χ2n) is 7.48. The molecule has 3 aliphatic rings. The van der Waals surface area contributed by atoms with Crippen LogP contribution in [0.2, 0.25) is 0 Å². The lowest BCUT2D eigenvalue weighted by Crippen LogP contribution is -2.32. The SMILES string of the molecule is COC(=O)C1=[N+](Cc2ccccc2)/C(=C(\[O-])OC)C2C3OC(c4ccccc43)C12. The third-order valence-electron chi connectivity index (χ3n) is 6.13. The van der Waals surface area contributed by atoms with Crippen LogP contribution in [-0.2, 0) is 25.5 Å². The van der Waals surface area contributed by atoms with Gasteiger partial charge in [0, 0.05) is 5.56 Å². The van der Waals surface area contributed by atoms with Crippen LogP contribution in [0.5, 0.6) is 0 Å². The minimum Gasteiger partial charge on any atom is -0.612 e. The molecule has 6 nitrogen and oxygen atoms in total. The maximum absolute atomic E-state index is 12.9. The molecule has 148 valence electrons. The summed E-state index contributed by atoms with van der Waals surface area (Å²) in [6.07, 6.45) is -0.563. The number of benzene rings is 2. The standard InChI is InChI=1S/C23H21NO5/c1-27-22(25)18-16-17(21-15-11-7-6-10-14(15)20(16)29-21)19(23(26)28-2)24(18)12-13-8-4-3-5-9-13/h3-11,16-17,20-21H,12H2,1-2H3. The van der Waals surface area contributed by atoms with Gasteiger partial charge in [-0.05, 0) is 18.2 Å². The molecule has 0 aromatic heterocycles. The van der Waals surface area contributed by atoms with E-state index in [0.29, 0.717) is 18.0 Å². The summed E-state index contributed by atoms with van der Waals surface area (Å²) in [7, 11) is 2.73. The van der Waals surface area contributed by atoms with Crippen LogP contribution in [0, 0.1) is 11.8 Å². The number of esters is 1. The first-order valence-corrected chi connectivity index (χ1v) is 9.61. The highest BCUT2D eigenvalue weighted by atomic mass is 16.6. The van der Waals surface area contributed by atoms with Gasteiger partial charge < -0.3 is 19.3 Å². The number of carbonyl (C=O) groups is 1. The molecule has 0 saturated carbocycles. The van der Waals surface area contributed by atoms with Crippen molar-refractivity contribution in [2.24, 2.45) is 11.8 Å². The fourth-order valence-corrected chi connectivity index (χ4v) is 5.02. The first-order valence-electron chi connectivity index (χ1n) is 9.61. The van der Waals surface area contributed by atoms with Gasteiger partial charge in [-0.2, -0.15) is 4.58 Å². The second kappa shape index (κ2) is 6.74. The Morgan fingerprint density at radius 3 is 2.21 bits per heavy atom. The van der Waals surface area contributed by atoms with Gasteiger partial charge in [0.15, 0.2) is 6.54 Å². The molecular weight excluding hydrogens is 370 g/mol. The Kier molecular flexibility index (Phi) is 4.17. The highest BCUT2D eigenvalue weighted by Crippen LogP contribution is 2.62. The van der Waals surface area contributed by atoms with E-state index in [2.05, 4.69) is 0 Å². The normalized spacial score (nSPS) is 28.2. The summed E-state index contributed by atoms with van der Waals surface area (Å²) < 4.78 is 18.3. The van der Waals surface area contributed by atoms with E-state index in [0.717, 1.165) is 16.7 Å². The third-order valence-corrected chi connectivity index (χ3v) is 6.13. The average Bonchev–Trinajstić information content (AvgIpc) is 3.41. The molecule has 2 aromatic carbocycles. The summed E-state index contributed by atoms with van der Waals surface area (Å²) in [5.74, 6) is -1.44. The monoisotopic (exact) mass is 391 g/mol. The van der Waals surface area contributed by atoms with Crippen LogP contribution in [-0.4, -0.2) is 30.5 Å². The summed E-state index contributed by atoms with van der Waals surface area (Å²) in [4.78, 5) is 12.9. The lowest BCUT2D eigenvalue weighted by atomic mass is 9.74. The maximum atomic E-state index is 12.9. The number of methoxy groups -OCH3 is 2. The van der Waals surface area contributed by atoms with E-state index in [1.54, 1.807) is 4.58 Å². The molecular formula is C23H21NO5. The van der Waals surface area contributed by atoms with Gasteiger partial charge >= 0.3 is 5.97 Å². The highest BCUT2D eigenvalue weighted by Gasteiger charge is 2.66. The molecule has 2 aromatic rings. The summed E-state index contributed by atoms with van der Waals surface area (Å²) >= 11 is 0. The van der Waals surface area contributed by atoms with Crippen molar-refractivity contribution in [2.75, 3.05) is 14.2 Å². The molecule has 3 heterocycles. The largest absolute Gasteiger partial charge is 0.612 e. The summed E-state index contributed by atoms with van der Waals surface area (Å²) in [6, 6.07) is 17.7. The van der Waals surface area contributed by atoms with Gasteiger partial charge in [0.25, 0.3) is 5.71 Å². The molecule has 1 saturated heterocycles. The van der Waals surface area contributed by atoms with Crippen molar-refractivity contribution < 1.29 is 28.7 Å². The van der Waals surface area contributed by atoms with E-state index < -0.39 is 11.9 Å². The first-order chi connectivity index (χ1) is 14.2. The summed E-state index contributed by atoms with van der Waals surface area (Å²) in [5, 5.41) is 12.9. The Morgan fingerprint density at radius 2 is 1.59 bits per heavy atom. The average molecular weight is 391 g/mol. The van der Waals surface area contributed by atoms with Gasteiger partial charge in [0.1, 0.15) is 5.95 Å². The Morgan fingerprint density at radius 1 is 0.966 bits per heavy atom. The minimum atomic E-state index is -0.441. The van der Waals surface area contributed by atoms with Crippen LogP contribution in [0.4, 0.5) is 0 Å². The van der Waals surface area contributed by atoms with Gasteiger partial charge in [-0.1, -0.05) is 54.6 Å². The van der Waals surface area contributed by atoms with Crippen LogP contribution in [0.25, 0.3) is 0 Å². The molecule has 0 aliphatic carbocycles. The lowest BCUT2D eigenvalue weighted by molar-refractivity contribution is -0.511. The molecule has 3 aliphatic heterocycles. The minimum absolute atomic E-state index is 0.278. The molecule has 29 heavy (non-hydrogen) atoms.